The van der Waals surface area contributed by atoms with Gasteiger partial charge in [-0.3, -0.25) is 0 Å². The molecule has 2 rings (SSSR count). The Morgan fingerprint density at radius 3 is 2.61 bits per heavy atom. The minimum atomic E-state index is -0.402. The fourth-order valence-electron chi connectivity index (χ4n) is 1.62. The Balaban J connectivity index is 2.23. The van der Waals surface area contributed by atoms with E-state index in [4.69, 9.17) is 11.6 Å². The number of rotatable bonds is 3. The molecule has 18 heavy (non-hydrogen) atoms. The number of benzene rings is 2. The maximum atomic E-state index is 9.24. The number of nitrogens with zero attached hydrogens (tertiary/aromatic N) is 1. The summed E-state index contributed by atoms with van der Waals surface area (Å²) in [5.74, 6) is 0. The summed E-state index contributed by atoms with van der Waals surface area (Å²) in [7, 11) is 0. The molecule has 2 aromatic rings. The van der Waals surface area contributed by atoms with Gasteiger partial charge in [0.25, 0.3) is 0 Å². The second-order valence-electron chi connectivity index (χ2n) is 3.77. The Kier molecular flexibility index (Phi) is 4.24. The molecular formula is C14H10BrClN2. The minimum absolute atomic E-state index is 0.402. The topological polar surface area (TPSA) is 35.8 Å². The van der Waals surface area contributed by atoms with Crippen LogP contribution in [0.25, 0.3) is 0 Å². The first-order valence-electron chi connectivity index (χ1n) is 5.36. The molecule has 1 N–H and O–H groups in total. The van der Waals surface area contributed by atoms with Crippen molar-refractivity contribution in [3.63, 3.8) is 0 Å². The standard InChI is InChI=1S/C14H10BrClN2/c15-11-4-1-3-10(7-11)14(9-17)18-13-6-2-5-12(16)8-13/h1-8,14,18H. The van der Waals surface area contributed by atoms with Gasteiger partial charge in [0.05, 0.1) is 6.07 Å². The Morgan fingerprint density at radius 1 is 1.17 bits per heavy atom. The Morgan fingerprint density at radius 2 is 1.94 bits per heavy atom. The number of hydrogen-bond acceptors (Lipinski definition) is 2. The summed E-state index contributed by atoms with van der Waals surface area (Å²) in [4.78, 5) is 0. The van der Waals surface area contributed by atoms with Crippen molar-refractivity contribution in [1.82, 2.24) is 0 Å². The van der Waals surface area contributed by atoms with Crippen LogP contribution in [0.4, 0.5) is 5.69 Å². The normalized spacial score (nSPS) is 11.6. The average molecular weight is 322 g/mol. The molecule has 0 saturated carbocycles. The molecule has 0 saturated heterocycles. The molecule has 0 bridgehead atoms. The fraction of sp³-hybridized carbons (Fsp3) is 0.0714. The summed E-state index contributed by atoms with van der Waals surface area (Å²) in [5.41, 5.74) is 1.74. The lowest BCUT2D eigenvalue weighted by molar-refractivity contribution is 0.996. The van der Waals surface area contributed by atoms with E-state index in [1.54, 1.807) is 12.1 Å². The number of halogens is 2. The van der Waals surface area contributed by atoms with E-state index in [1.807, 2.05) is 36.4 Å². The summed E-state index contributed by atoms with van der Waals surface area (Å²) in [6.45, 7) is 0. The summed E-state index contributed by atoms with van der Waals surface area (Å²) in [6, 6.07) is 16.8. The Labute approximate surface area is 119 Å². The molecule has 0 fully saturated rings. The fourth-order valence-corrected chi connectivity index (χ4v) is 2.23. The lowest BCUT2D eigenvalue weighted by Crippen LogP contribution is -2.08. The highest BCUT2D eigenvalue weighted by atomic mass is 79.9. The monoisotopic (exact) mass is 320 g/mol. The van der Waals surface area contributed by atoms with Gasteiger partial charge in [0.1, 0.15) is 6.04 Å². The average Bonchev–Trinajstić information content (AvgIpc) is 2.36. The largest absolute Gasteiger partial charge is 0.366 e. The van der Waals surface area contributed by atoms with E-state index < -0.39 is 6.04 Å². The molecule has 0 aliphatic carbocycles. The molecule has 0 radical (unpaired) electrons. The Bertz CT molecular complexity index is 592. The molecule has 0 aliphatic rings. The highest BCUT2D eigenvalue weighted by molar-refractivity contribution is 9.10. The first-order chi connectivity index (χ1) is 8.69. The molecule has 2 nitrogen and oxygen atoms in total. The van der Waals surface area contributed by atoms with E-state index in [2.05, 4.69) is 27.3 Å². The van der Waals surface area contributed by atoms with Gasteiger partial charge in [-0.1, -0.05) is 45.7 Å². The van der Waals surface area contributed by atoms with E-state index in [-0.39, 0.29) is 0 Å². The molecule has 0 spiro atoms. The van der Waals surface area contributed by atoms with E-state index in [1.165, 1.54) is 0 Å². The van der Waals surface area contributed by atoms with E-state index in [0.717, 1.165) is 15.7 Å². The molecule has 1 unspecified atom stereocenters. The quantitative estimate of drug-likeness (QED) is 0.883. The SMILES string of the molecule is N#CC(Nc1cccc(Cl)c1)c1cccc(Br)c1. The van der Waals surface area contributed by atoms with E-state index in [0.29, 0.717) is 5.02 Å². The molecule has 0 amide bonds. The van der Waals surface area contributed by atoms with Crippen molar-refractivity contribution in [2.45, 2.75) is 6.04 Å². The Hall–Kier alpha value is -1.50. The van der Waals surface area contributed by atoms with Crippen LogP contribution in [0, 0.1) is 11.3 Å². The van der Waals surface area contributed by atoms with Crippen LogP contribution in [0.2, 0.25) is 5.02 Å². The van der Waals surface area contributed by atoms with Gasteiger partial charge < -0.3 is 5.32 Å². The summed E-state index contributed by atoms with van der Waals surface area (Å²) >= 11 is 9.31. The molecule has 0 heterocycles. The second kappa shape index (κ2) is 5.90. The van der Waals surface area contributed by atoms with Gasteiger partial charge in [-0.2, -0.15) is 5.26 Å². The molecule has 90 valence electrons. The van der Waals surface area contributed by atoms with Crippen molar-refractivity contribution >= 4 is 33.2 Å². The van der Waals surface area contributed by atoms with Crippen molar-refractivity contribution in [2.24, 2.45) is 0 Å². The number of hydrogen-bond donors (Lipinski definition) is 1. The first-order valence-corrected chi connectivity index (χ1v) is 6.53. The second-order valence-corrected chi connectivity index (χ2v) is 5.12. The molecular weight excluding hydrogens is 312 g/mol. The van der Waals surface area contributed by atoms with Gasteiger partial charge >= 0.3 is 0 Å². The van der Waals surface area contributed by atoms with Gasteiger partial charge in [-0.05, 0) is 35.9 Å². The molecule has 0 aromatic heterocycles. The third-order valence-corrected chi connectivity index (χ3v) is 3.18. The smallest absolute Gasteiger partial charge is 0.140 e. The van der Waals surface area contributed by atoms with Crippen LogP contribution >= 0.6 is 27.5 Å². The van der Waals surface area contributed by atoms with Crippen LogP contribution in [0.15, 0.2) is 53.0 Å². The van der Waals surface area contributed by atoms with Crippen LogP contribution in [-0.2, 0) is 0 Å². The zero-order chi connectivity index (χ0) is 13.0. The highest BCUT2D eigenvalue weighted by Gasteiger charge is 2.10. The van der Waals surface area contributed by atoms with Crippen LogP contribution in [0.3, 0.4) is 0 Å². The number of nitriles is 1. The van der Waals surface area contributed by atoms with Crippen molar-refractivity contribution in [2.75, 3.05) is 5.32 Å². The van der Waals surface area contributed by atoms with Crippen LogP contribution < -0.4 is 5.32 Å². The van der Waals surface area contributed by atoms with Crippen molar-refractivity contribution < 1.29 is 0 Å². The number of anilines is 1. The van der Waals surface area contributed by atoms with E-state index >= 15 is 0 Å². The highest BCUT2D eigenvalue weighted by Crippen LogP contribution is 2.23. The predicted molar refractivity (Wildman–Crippen MR) is 77.6 cm³/mol. The third-order valence-electron chi connectivity index (χ3n) is 2.45. The molecule has 1 atom stereocenters. The lowest BCUT2D eigenvalue weighted by Gasteiger charge is -2.13. The summed E-state index contributed by atoms with van der Waals surface area (Å²) in [5, 5.41) is 13.0. The minimum Gasteiger partial charge on any atom is -0.366 e. The summed E-state index contributed by atoms with van der Waals surface area (Å²) in [6.07, 6.45) is 0. The van der Waals surface area contributed by atoms with Gasteiger partial charge in [-0.25, -0.2) is 0 Å². The maximum Gasteiger partial charge on any atom is 0.140 e. The molecule has 0 aliphatic heterocycles. The molecule has 4 heteroatoms. The lowest BCUT2D eigenvalue weighted by atomic mass is 10.1. The maximum absolute atomic E-state index is 9.24. The van der Waals surface area contributed by atoms with E-state index in [9.17, 15) is 5.26 Å². The van der Waals surface area contributed by atoms with Gasteiger partial charge in [0.15, 0.2) is 0 Å². The molecule has 2 aromatic carbocycles. The summed E-state index contributed by atoms with van der Waals surface area (Å²) < 4.78 is 0.952. The van der Waals surface area contributed by atoms with Crippen LogP contribution in [0.5, 0.6) is 0 Å². The predicted octanol–water partition coefficient (Wildman–Crippen LogP) is 4.78. The zero-order valence-corrected chi connectivity index (χ0v) is 11.7. The van der Waals surface area contributed by atoms with Gasteiger partial charge in [0.2, 0.25) is 0 Å². The third kappa shape index (κ3) is 3.25. The van der Waals surface area contributed by atoms with Crippen molar-refractivity contribution in [1.29, 1.82) is 5.26 Å². The zero-order valence-electron chi connectivity index (χ0n) is 9.40. The van der Waals surface area contributed by atoms with Crippen molar-refractivity contribution in [3.8, 4) is 6.07 Å². The van der Waals surface area contributed by atoms with Gasteiger partial charge in [0, 0.05) is 15.2 Å². The van der Waals surface area contributed by atoms with Crippen molar-refractivity contribution in [3.05, 3.63) is 63.6 Å². The first kappa shape index (κ1) is 12.9. The van der Waals surface area contributed by atoms with Crippen LogP contribution in [0.1, 0.15) is 11.6 Å². The van der Waals surface area contributed by atoms with Crippen LogP contribution in [-0.4, -0.2) is 0 Å². The number of nitrogens with one attached hydrogen (secondary N) is 1. The van der Waals surface area contributed by atoms with Gasteiger partial charge in [-0.15, -0.1) is 0 Å².